The number of carbonyl (C=O) groups is 1. The molecule has 18 heavy (non-hydrogen) atoms. The van der Waals surface area contributed by atoms with Crippen LogP contribution >= 0.6 is 0 Å². The van der Waals surface area contributed by atoms with Gasteiger partial charge in [-0.2, -0.15) is 5.10 Å². The summed E-state index contributed by atoms with van der Waals surface area (Å²) in [7, 11) is 1.92. The lowest BCUT2D eigenvalue weighted by Gasteiger charge is -2.12. The van der Waals surface area contributed by atoms with Gasteiger partial charge >= 0.3 is 0 Å². The Kier molecular flexibility index (Phi) is 5.34. The summed E-state index contributed by atoms with van der Waals surface area (Å²) in [6.45, 7) is 10.1. The molecule has 0 fully saturated rings. The SMILES string of the molecule is CCNCC(C)C(=O)NCc1c(C)nn(C)c1C. The molecule has 1 amide bonds. The monoisotopic (exact) mass is 252 g/mol. The summed E-state index contributed by atoms with van der Waals surface area (Å²) in [5.41, 5.74) is 3.20. The molecule has 1 rings (SSSR count). The van der Waals surface area contributed by atoms with Crippen LogP contribution in [0.2, 0.25) is 0 Å². The fraction of sp³-hybridized carbons (Fsp3) is 0.692. The zero-order chi connectivity index (χ0) is 13.7. The second kappa shape index (κ2) is 6.54. The van der Waals surface area contributed by atoms with E-state index in [9.17, 15) is 4.79 Å². The van der Waals surface area contributed by atoms with Gasteiger partial charge in [-0.15, -0.1) is 0 Å². The number of amides is 1. The number of rotatable bonds is 6. The summed E-state index contributed by atoms with van der Waals surface area (Å²) in [6.07, 6.45) is 0. The van der Waals surface area contributed by atoms with E-state index in [1.165, 1.54) is 0 Å². The van der Waals surface area contributed by atoms with Crippen LogP contribution in [0.5, 0.6) is 0 Å². The third kappa shape index (κ3) is 3.57. The van der Waals surface area contributed by atoms with Gasteiger partial charge in [0.1, 0.15) is 0 Å². The lowest BCUT2D eigenvalue weighted by atomic mass is 10.1. The molecule has 1 heterocycles. The van der Waals surface area contributed by atoms with Crippen LogP contribution in [0.4, 0.5) is 0 Å². The van der Waals surface area contributed by atoms with Crippen LogP contribution in [0.25, 0.3) is 0 Å². The molecule has 1 aromatic rings. The van der Waals surface area contributed by atoms with Crippen molar-refractivity contribution in [3.8, 4) is 0 Å². The summed E-state index contributed by atoms with van der Waals surface area (Å²) in [6, 6.07) is 0. The van der Waals surface area contributed by atoms with Gasteiger partial charge in [-0.05, 0) is 20.4 Å². The predicted molar refractivity (Wildman–Crippen MR) is 72.2 cm³/mol. The van der Waals surface area contributed by atoms with Crippen LogP contribution in [0.1, 0.15) is 30.8 Å². The van der Waals surface area contributed by atoms with E-state index in [4.69, 9.17) is 0 Å². The first-order valence-electron chi connectivity index (χ1n) is 6.44. The van der Waals surface area contributed by atoms with Crippen LogP contribution in [-0.2, 0) is 18.4 Å². The normalized spacial score (nSPS) is 12.5. The average Bonchev–Trinajstić information content (AvgIpc) is 2.58. The molecule has 0 aliphatic heterocycles. The number of nitrogens with one attached hydrogen (secondary N) is 2. The minimum atomic E-state index is -0.0118. The van der Waals surface area contributed by atoms with E-state index < -0.39 is 0 Å². The second-order valence-corrected chi connectivity index (χ2v) is 4.70. The standard InChI is InChI=1S/C13H24N4O/c1-6-14-7-9(2)13(18)15-8-12-10(3)16-17(5)11(12)4/h9,14H,6-8H2,1-5H3,(H,15,18). The largest absolute Gasteiger partial charge is 0.352 e. The first-order valence-corrected chi connectivity index (χ1v) is 6.44. The molecule has 0 radical (unpaired) electrons. The van der Waals surface area contributed by atoms with Gasteiger partial charge in [-0.1, -0.05) is 13.8 Å². The van der Waals surface area contributed by atoms with Gasteiger partial charge < -0.3 is 10.6 Å². The average molecular weight is 252 g/mol. The van der Waals surface area contributed by atoms with Crippen molar-refractivity contribution >= 4 is 5.91 Å². The third-order valence-corrected chi connectivity index (χ3v) is 3.25. The summed E-state index contributed by atoms with van der Waals surface area (Å²) in [5, 5.41) is 10.5. The molecule has 0 aliphatic carbocycles. The van der Waals surface area contributed by atoms with Gasteiger partial charge in [0.2, 0.25) is 5.91 Å². The molecular formula is C13H24N4O. The third-order valence-electron chi connectivity index (χ3n) is 3.25. The van der Waals surface area contributed by atoms with Crippen LogP contribution in [0, 0.1) is 19.8 Å². The Morgan fingerprint density at radius 2 is 2.11 bits per heavy atom. The minimum Gasteiger partial charge on any atom is -0.352 e. The van der Waals surface area contributed by atoms with Crippen molar-refractivity contribution in [3.05, 3.63) is 17.0 Å². The lowest BCUT2D eigenvalue weighted by molar-refractivity contribution is -0.124. The van der Waals surface area contributed by atoms with Gasteiger partial charge in [0, 0.05) is 37.3 Å². The van der Waals surface area contributed by atoms with E-state index in [-0.39, 0.29) is 11.8 Å². The van der Waals surface area contributed by atoms with Gasteiger partial charge in [0.25, 0.3) is 0 Å². The Labute approximate surface area is 109 Å². The van der Waals surface area contributed by atoms with E-state index in [2.05, 4.69) is 15.7 Å². The molecule has 102 valence electrons. The molecule has 5 heteroatoms. The highest BCUT2D eigenvalue weighted by molar-refractivity contribution is 5.78. The maximum absolute atomic E-state index is 11.9. The second-order valence-electron chi connectivity index (χ2n) is 4.70. The summed E-state index contributed by atoms with van der Waals surface area (Å²) >= 11 is 0. The highest BCUT2D eigenvalue weighted by Crippen LogP contribution is 2.11. The van der Waals surface area contributed by atoms with Crippen molar-refractivity contribution < 1.29 is 4.79 Å². The molecule has 0 spiro atoms. The molecule has 0 saturated heterocycles. The van der Waals surface area contributed by atoms with E-state index in [0.717, 1.165) is 23.5 Å². The van der Waals surface area contributed by atoms with Gasteiger partial charge in [-0.3, -0.25) is 9.48 Å². The summed E-state index contributed by atoms with van der Waals surface area (Å²) < 4.78 is 1.85. The minimum absolute atomic E-state index is 0.0118. The van der Waals surface area contributed by atoms with Crippen LogP contribution in [0.3, 0.4) is 0 Å². The molecule has 1 atom stereocenters. The first-order chi connectivity index (χ1) is 8.47. The van der Waals surface area contributed by atoms with E-state index >= 15 is 0 Å². The zero-order valence-electron chi connectivity index (χ0n) is 12.0. The fourth-order valence-corrected chi connectivity index (χ4v) is 1.88. The molecule has 2 N–H and O–H groups in total. The van der Waals surface area contributed by atoms with Gasteiger partial charge in [0.05, 0.1) is 5.69 Å². The van der Waals surface area contributed by atoms with Crippen molar-refractivity contribution in [2.24, 2.45) is 13.0 Å². The quantitative estimate of drug-likeness (QED) is 0.791. The van der Waals surface area contributed by atoms with Crippen LogP contribution in [-0.4, -0.2) is 28.8 Å². The number of hydrogen-bond donors (Lipinski definition) is 2. The number of hydrogen-bond acceptors (Lipinski definition) is 3. The molecule has 0 aliphatic rings. The smallest absolute Gasteiger partial charge is 0.224 e. The summed E-state index contributed by atoms with van der Waals surface area (Å²) in [4.78, 5) is 11.9. The number of aryl methyl sites for hydroxylation is 2. The van der Waals surface area contributed by atoms with Gasteiger partial charge in [-0.25, -0.2) is 0 Å². The Morgan fingerprint density at radius 3 is 2.61 bits per heavy atom. The maximum atomic E-state index is 11.9. The first kappa shape index (κ1) is 14.7. The van der Waals surface area contributed by atoms with E-state index in [1.807, 2.05) is 39.4 Å². The molecule has 1 aromatic heterocycles. The van der Waals surface area contributed by atoms with Crippen molar-refractivity contribution in [2.45, 2.75) is 34.2 Å². The molecular weight excluding hydrogens is 228 g/mol. The van der Waals surface area contributed by atoms with Crippen molar-refractivity contribution in [1.29, 1.82) is 0 Å². The van der Waals surface area contributed by atoms with E-state index in [0.29, 0.717) is 13.1 Å². The van der Waals surface area contributed by atoms with E-state index in [1.54, 1.807) is 0 Å². The Hall–Kier alpha value is -1.36. The highest BCUT2D eigenvalue weighted by Gasteiger charge is 2.14. The Bertz CT molecular complexity index is 411. The highest BCUT2D eigenvalue weighted by atomic mass is 16.1. The topological polar surface area (TPSA) is 59.0 Å². The predicted octanol–water partition coefficient (Wildman–Crippen LogP) is 0.899. The number of carbonyl (C=O) groups excluding carboxylic acids is 1. The summed E-state index contributed by atoms with van der Waals surface area (Å²) in [5.74, 6) is 0.0702. The Balaban J connectivity index is 2.52. The van der Waals surface area contributed by atoms with Crippen molar-refractivity contribution in [3.63, 3.8) is 0 Å². The van der Waals surface area contributed by atoms with Crippen molar-refractivity contribution in [2.75, 3.05) is 13.1 Å². The van der Waals surface area contributed by atoms with Crippen LogP contribution in [0.15, 0.2) is 0 Å². The molecule has 5 nitrogen and oxygen atoms in total. The number of nitrogens with zero attached hydrogens (tertiary/aromatic N) is 2. The molecule has 0 bridgehead atoms. The molecule has 0 saturated carbocycles. The fourth-order valence-electron chi connectivity index (χ4n) is 1.88. The number of aromatic nitrogens is 2. The van der Waals surface area contributed by atoms with Gasteiger partial charge in [0.15, 0.2) is 0 Å². The lowest BCUT2D eigenvalue weighted by Crippen LogP contribution is -2.35. The maximum Gasteiger partial charge on any atom is 0.224 e. The van der Waals surface area contributed by atoms with Crippen LogP contribution < -0.4 is 10.6 Å². The molecule has 1 unspecified atom stereocenters. The zero-order valence-corrected chi connectivity index (χ0v) is 12.0. The Morgan fingerprint density at radius 1 is 1.44 bits per heavy atom. The van der Waals surface area contributed by atoms with Crippen molar-refractivity contribution in [1.82, 2.24) is 20.4 Å². The molecule has 0 aromatic carbocycles.